The SMILES string of the molecule is CC(CN)CNCCCCN.Cl.Cl.Cl. The number of unbranched alkanes of at least 4 members (excludes halogenated alkanes) is 1. The number of hydrogen-bond acceptors (Lipinski definition) is 3. The second-order valence-electron chi connectivity index (χ2n) is 3.04. The Morgan fingerprint density at radius 1 is 1.07 bits per heavy atom. The molecule has 0 aromatic carbocycles. The highest BCUT2D eigenvalue weighted by Crippen LogP contribution is 1.88. The maximum absolute atomic E-state index is 5.45. The molecule has 0 heterocycles. The Kier molecular flexibility index (Phi) is 33.3. The third-order valence-corrected chi connectivity index (χ3v) is 1.70. The largest absolute Gasteiger partial charge is 0.330 e. The van der Waals surface area contributed by atoms with E-state index in [4.69, 9.17) is 11.5 Å². The zero-order valence-corrected chi connectivity index (χ0v) is 11.1. The topological polar surface area (TPSA) is 64.1 Å². The van der Waals surface area contributed by atoms with Crippen molar-refractivity contribution in [2.24, 2.45) is 17.4 Å². The van der Waals surface area contributed by atoms with Crippen molar-refractivity contribution in [2.45, 2.75) is 19.8 Å². The molecule has 0 aliphatic rings. The van der Waals surface area contributed by atoms with E-state index in [9.17, 15) is 0 Å². The predicted molar refractivity (Wildman–Crippen MR) is 71.1 cm³/mol. The second-order valence-corrected chi connectivity index (χ2v) is 3.04. The van der Waals surface area contributed by atoms with Crippen LogP contribution in [-0.4, -0.2) is 26.2 Å². The minimum Gasteiger partial charge on any atom is -0.330 e. The van der Waals surface area contributed by atoms with E-state index in [1.165, 1.54) is 6.42 Å². The van der Waals surface area contributed by atoms with Crippen molar-refractivity contribution in [1.82, 2.24) is 5.32 Å². The third kappa shape index (κ3) is 18.5. The van der Waals surface area contributed by atoms with Crippen LogP contribution in [0.25, 0.3) is 0 Å². The van der Waals surface area contributed by atoms with E-state index in [1.54, 1.807) is 0 Å². The number of rotatable bonds is 7. The first-order valence-corrected chi connectivity index (χ1v) is 4.42. The molecule has 0 spiro atoms. The Hall–Kier alpha value is 0.750. The van der Waals surface area contributed by atoms with Gasteiger partial charge in [0.25, 0.3) is 0 Å². The van der Waals surface area contributed by atoms with Gasteiger partial charge in [-0.05, 0) is 44.9 Å². The summed E-state index contributed by atoms with van der Waals surface area (Å²) >= 11 is 0. The molecule has 0 bridgehead atoms. The standard InChI is InChI=1S/C8H21N3.3ClH/c1-8(6-10)7-11-5-3-2-4-9;;;/h8,11H,2-7,9-10H2,1H3;3*1H. The summed E-state index contributed by atoms with van der Waals surface area (Å²) in [5, 5.41) is 3.34. The summed E-state index contributed by atoms with van der Waals surface area (Å²) in [6, 6.07) is 0. The fourth-order valence-corrected chi connectivity index (χ4v) is 0.826. The number of halogens is 3. The monoisotopic (exact) mass is 267 g/mol. The van der Waals surface area contributed by atoms with Crippen LogP contribution in [0.15, 0.2) is 0 Å². The quantitative estimate of drug-likeness (QED) is 0.608. The van der Waals surface area contributed by atoms with Gasteiger partial charge in [0.05, 0.1) is 0 Å². The highest BCUT2D eigenvalue weighted by molar-refractivity contribution is 5.86. The van der Waals surface area contributed by atoms with E-state index >= 15 is 0 Å². The first-order valence-electron chi connectivity index (χ1n) is 4.42. The second kappa shape index (κ2) is 19.3. The molecule has 0 saturated carbocycles. The number of hydrogen-bond donors (Lipinski definition) is 3. The maximum atomic E-state index is 5.45. The van der Waals surface area contributed by atoms with Crippen LogP contribution < -0.4 is 16.8 Å². The van der Waals surface area contributed by atoms with Crippen LogP contribution in [0.4, 0.5) is 0 Å². The molecule has 5 N–H and O–H groups in total. The number of nitrogens with one attached hydrogen (secondary N) is 1. The van der Waals surface area contributed by atoms with Crippen molar-refractivity contribution >= 4 is 37.2 Å². The lowest BCUT2D eigenvalue weighted by Gasteiger charge is -2.08. The molecule has 0 aromatic rings. The summed E-state index contributed by atoms with van der Waals surface area (Å²) in [5.41, 5.74) is 10.8. The van der Waals surface area contributed by atoms with E-state index in [0.29, 0.717) is 5.92 Å². The Morgan fingerprint density at radius 2 is 1.64 bits per heavy atom. The van der Waals surface area contributed by atoms with E-state index in [-0.39, 0.29) is 37.2 Å². The summed E-state index contributed by atoms with van der Waals surface area (Å²) < 4.78 is 0. The van der Waals surface area contributed by atoms with Gasteiger partial charge in [0.2, 0.25) is 0 Å². The summed E-state index contributed by atoms with van der Waals surface area (Å²) in [5.74, 6) is 0.591. The average molecular weight is 269 g/mol. The summed E-state index contributed by atoms with van der Waals surface area (Å²) in [7, 11) is 0. The molecule has 1 unspecified atom stereocenters. The number of nitrogens with two attached hydrogens (primary N) is 2. The zero-order chi connectivity index (χ0) is 8.53. The van der Waals surface area contributed by atoms with Crippen molar-refractivity contribution in [2.75, 3.05) is 26.2 Å². The molecule has 0 aliphatic carbocycles. The lowest BCUT2D eigenvalue weighted by atomic mass is 10.2. The molecule has 6 heteroatoms. The third-order valence-electron chi connectivity index (χ3n) is 1.70. The molecule has 3 nitrogen and oxygen atoms in total. The van der Waals surface area contributed by atoms with Gasteiger partial charge in [0.15, 0.2) is 0 Å². The molecule has 14 heavy (non-hydrogen) atoms. The molecular weight excluding hydrogens is 244 g/mol. The van der Waals surface area contributed by atoms with E-state index < -0.39 is 0 Å². The summed E-state index contributed by atoms with van der Waals surface area (Å²) in [6.07, 6.45) is 2.29. The van der Waals surface area contributed by atoms with E-state index in [2.05, 4.69) is 12.2 Å². The van der Waals surface area contributed by atoms with Crippen molar-refractivity contribution < 1.29 is 0 Å². The predicted octanol–water partition coefficient (Wildman–Crippen LogP) is 1.18. The molecule has 0 fully saturated rings. The van der Waals surface area contributed by atoms with Gasteiger partial charge in [-0.3, -0.25) is 0 Å². The van der Waals surface area contributed by atoms with Gasteiger partial charge in [0, 0.05) is 0 Å². The molecule has 92 valence electrons. The van der Waals surface area contributed by atoms with Gasteiger partial charge < -0.3 is 16.8 Å². The highest BCUT2D eigenvalue weighted by Gasteiger charge is 1.96. The van der Waals surface area contributed by atoms with Crippen LogP contribution in [0.2, 0.25) is 0 Å². The van der Waals surface area contributed by atoms with Gasteiger partial charge in [-0.25, -0.2) is 0 Å². The van der Waals surface area contributed by atoms with Crippen LogP contribution >= 0.6 is 37.2 Å². The molecule has 0 rings (SSSR count). The van der Waals surface area contributed by atoms with E-state index in [0.717, 1.165) is 32.6 Å². The van der Waals surface area contributed by atoms with Crippen LogP contribution in [0.1, 0.15) is 19.8 Å². The van der Waals surface area contributed by atoms with Crippen LogP contribution in [0, 0.1) is 5.92 Å². The molecular formula is C8H24Cl3N3. The molecule has 0 aliphatic heterocycles. The van der Waals surface area contributed by atoms with Crippen LogP contribution in [0.5, 0.6) is 0 Å². The average Bonchev–Trinajstić information content (AvgIpc) is 2.04. The van der Waals surface area contributed by atoms with Crippen molar-refractivity contribution in [3.8, 4) is 0 Å². The van der Waals surface area contributed by atoms with Crippen LogP contribution in [-0.2, 0) is 0 Å². The van der Waals surface area contributed by atoms with Gasteiger partial charge in [0.1, 0.15) is 0 Å². The Bertz CT molecular complexity index is 86.2. The lowest BCUT2D eigenvalue weighted by Crippen LogP contribution is -2.27. The highest BCUT2D eigenvalue weighted by atomic mass is 35.5. The first-order chi connectivity index (χ1) is 5.31. The zero-order valence-electron chi connectivity index (χ0n) is 8.70. The maximum Gasteiger partial charge on any atom is -0.00111 e. The Morgan fingerprint density at radius 3 is 2.07 bits per heavy atom. The van der Waals surface area contributed by atoms with Gasteiger partial charge >= 0.3 is 0 Å². The van der Waals surface area contributed by atoms with Gasteiger partial charge in [-0.1, -0.05) is 6.92 Å². The molecule has 0 radical (unpaired) electrons. The smallest absolute Gasteiger partial charge is 0.00111 e. The molecule has 0 saturated heterocycles. The molecule has 1 atom stereocenters. The Balaban J connectivity index is -0.000000167. The van der Waals surface area contributed by atoms with Crippen molar-refractivity contribution in [3.05, 3.63) is 0 Å². The van der Waals surface area contributed by atoms with E-state index in [1.807, 2.05) is 0 Å². The molecule has 0 amide bonds. The summed E-state index contributed by atoms with van der Waals surface area (Å²) in [6.45, 7) is 5.82. The Labute approximate surface area is 106 Å². The van der Waals surface area contributed by atoms with Crippen molar-refractivity contribution in [3.63, 3.8) is 0 Å². The fraction of sp³-hybridized carbons (Fsp3) is 1.00. The van der Waals surface area contributed by atoms with Gasteiger partial charge in [-0.2, -0.15) is 0 Å². The lowest BCUT2D eigenvalue weighted by molar-refractivity contribution is 0.512. The summed E-state index contributed by atoms with van der Waals surface area (Å²) in [4.78, 5) is 0. The first kappa shape index (κ1) is 24.1. The fourth-order valence-electron chi connectivity index (χ4n) is 0.826. The molecule has 0 aromatic heterocycles. The normalized spacial score (nSPS) is 10.5. The minimum absolute atomic E-state index is 0. The minimum atomic E-state index is 0. The van der Waals surface area contributed by atoms with Gasteiger partial charge in [-0.15, -0.1) is 37.2 Å². The van der Waals surface area contributed by atoms with Crippen LogP contribution in [0.3, 0.4) is 0 Å². The van der Waals surface area contributed by atoms with Crippen molar-refractivity contribution in [1.29, 1.82) is 0 Å².